The molecule has 1 heteroatoms. The van der Waals surface area contributed by atoms with E-state index in [1.807, 2.05) is 6.92 Å². The van der Waals surface area contributed by atoms with Gasteiger partial charge in [0, 0.05) is 0 Å². The first-order chi connectivity index (χ1) is 5.52. The van der Waals surface area contributed by atoms with Crippen molar-refractivity contribution in [1.82, 2.24) is 0 Å². The van der Waals surface area contributed by atoms with E-state index in [9.17, 15) is 0 Å². The molecule has 0 aliphatic rings. The number of rotatable bonds is 5. The van der Waals surface area contributed by atoms with E-state index in [0.29, 0.717) is 0 Å². The second kappa shape index (κ2) is 6.24. The van der Waals surface area contributed by atoms with Crippen molar-refractivity contribution in [1.29, 1.82) is 0 Å². The number of hydrogen-bond acceptors (Lipinski definition) is 1. The van der Waals surface area contributed by atoms with E-state index in [0.717, 1.165) is 25.2 Å². The van der Waals surface area contributed by atoms with Gasteiger partial charge < -0.3 is 5.11 Å². The molecule has 1 unspecified atom stereocenters. The first kappa shape index (κ1) is 11.7. The van der Waals surface area contributed by atoms with Gasteiger partial charge in [0.25, 0.3) is 0 Å². The lowest BCUT2D eigenvalue weighted by molar-refractivity contribution is 0.185. The summed E-state index contributed by atoms with van der Waals surface area (Å²) in [6, 6.07) is 0. The molecule has 0 radical (unpaired) electrons. The van der Waals surface area contributed by atoms with E-state index in [1.54, 1.807) is 0 Å². The Morgan fingerprint density at radius 2 is 1.92 bits per heavy atom. The van der Waals surface area contributed by atoms with Gasteiger partial charge in [-0.25, -0.2) is 0 Å². The molecule has 0 fully saturated rings. The Morgan fingerprint density at radius 3 is 2.33 bits per heavy atom. The van der Waals surface area contributed by atoms with Crippen LogP contribution in [0, 0.1) is 5.92 Å². The summed E-state index contributed by atoms with van der Waals surface area (Å²) in [6.45, 7) is 8.43. The topological polar surface area (TPSA) is 20.2 Å². The third-order valence-corrected chi connectivity index (χ3v) is 1.89. The van der Waals surface area contributed by atoms with Gasteiger partial charge in [-0.3, -0.25) is 0 Å². The molecule has 12 heavy (non-hydrogen) atoms. The molecule has 0 bridgehead atoms. The van der Waals surface area contributed by atoms with Crippen molar-refractivity contribution < 1.29 is 5.11 Å². The SMILES string of the molecule is CC(=CCC(C)C)CCC(C)O. The normalized spacial score (nSPS) is 15.3. The van der Waals surface area contributed by atoms with Crippen LogP contribution in [0.25, 0.3) is 0 Å². The van der Waals surface area contributed by atoms with Crippen molar-refractivity contribution in [3.8, 4) is 0 Å². The fourth-order valence-electron chi connectivity index (χ4n) is 0.976. The number of allylic oxidation sites excluding steroid dienone is 2. The fourth-order valence-corrected chi connectivity index (χ4v) is 0.976. The van der Waals surface area contributed by atoms with Crippen LogP contribution in [-0.4, -0.2) is 11.2 Å². The highest BCUT2D eigenvalue weighted by Crippen LogP contribution is 2.10. The van der Waals surface area contributed by atoms with Crippen LogP contribution in [0.1, 0.15) is 47.0 Å². The standard InChI is InChI=1S/C11H22O/c1-9(2)5-6-10(3)7-8-11(4)12/h6,9,11-12H,5,7-8H2,1-4H3. The Morgan fingerprint density at radius 1 is 1.33 bits per heavy atom. The summed E-state index contributed by atoms with van der Waals surface area (Å²) in [5.41, 5.74) is 1.41. The quantitative estimate of drug-likeness (QED) is 0.628. The van der Waals surface area contributed by atoms with Gasteiger partial charge in [0.05, 0.1) is 6.10 Å². The van der Waals surface area contributed by atoms with E-state index >= 15 is 0 Å². The average Bonchev–Trinajstić information content (AvgIpc) is 1.96. The third-order valence-electron chi connectivity index (χ3n) is 1.89. The minimum absolute atomic E-state index is 0.160. The number of hydrogen-bond donors (Lipinski definition) is 1. The lowest BCUT2D eigenvalue weighted by Gasteiger charge is -2.05. The van der Waals surface area contributed by atoms with E-state index in [2.05, 4.69) is 26.8 Å². The zero-order chi connectivity index (χ0) is 9.56. The van der Waals surface area contributed by atoms with Crippen molar-refractivity contribution in [2.24, 2.45) is 5.92 Å². The molecule has 0 aliphatic carbocycles. The molecular formula is C11H22O. The van der Waals surface area contributed by atoms with Crippen LogP contribution in [0.5, 0.6) is 0 Å². The molecule has 0 aromatic heterocycles. The van der Waals surface area contributed by atoms with Crippen LogP contribution in [0.4, 0.5) is 0 Å². The predicted octanol–water partition coefficient (Wildman–Crippen LogP) is 3.14. The van der Waals surface area contributed by atoms with Gasteiger partial charge in [0.15, 0.2) is 0 Å². The Bertz CT molecular complexity index is 134. The fraction of sp³-hybridized carbons (Fsp3) is 0.818. The maximum absolute atomic E-state index is 9.05. The highest BCUT2D eigenvalue weighted by Gasteiger charge is 1.96. The number of aliphatic hydroxyl groups is 1. The van der Waals surface area contributed by atoms with Crippen molar-refractivity contribution in [2.45, 2.75) is 53.1 Å². The largest absolute Gasteiger partial charge is 0.393 e. The molecule has 1 N–H and O–H groups in total. The van der Waals surface area contributed by atoms with Crippen molar-refractivity contribution >= 4 is 0 Å². The van der Waals surface area contributed by atoms with Crippen LogP contribution >= 0.6 is 0 Å². The zero-order valence-electron chi connectivity index (χ0n) is 8.80. The highest BCUT2D eigenvalue weighted by atomic mass is 16.3. The van der Waals surface area contributed by atoms with Gasteiger partial charge in [-0.15, -0.1) is 0 Å². The third kappa shape index (κ3) is 7.80. The Hall–Kier alpha value is -0.300. The molecule has 0 spiro atoms. The molecule has 0 rings (SSSR count). The summed E-state index contributed by atoms with van der Waals surface area (Å²) in [4.78, 5) is 0. The lowest BCUT2D eigenvalue weighted by Crippen LogP contribution is -1.98. The maximum Gasteiger partial charge on any atom is 0.0515 e. The summed E-state index contributed by atoms with van der Waals surface area (Å²) < 4.78 is 0. The van der Waals surface area contributed by atoms with Gasteiger partial charge in [-0.05, 0) is 39.0 Å². The monoisotopic (exact) mass is 170 g/mol. The maximum atomic E-state index is 9.05. The second-order valence-electron chi connectivity index (χ2n) is 4.07. The molecule has 0 amide bonds. The molecule has 72 valence electrons. The van der Waals surface area contributed by atoms with Crippen molar-refractivity contribution in [3.63, 3.8) is 0 Å². The van der Waals surface area contributed by atoms with Gasteiger partial charge >= 0.3 is 0 Å². The molecule has 0 heterocycles. The van der Waals surface area contributed by atoms with Crippen LogP contribution < -0.4 is 0 Å². The summed E-state index contributed by atoms with van der Waals surface area (Å²) in [7, 11) is 0. The molecular weight excluding hydrogens is 148 g/mol. The minimum Gasteiger partial charge on any atom is -0.393 e. The van der Waals surface area contributed by atoms with Crippen LogP contribution in [-0.2, 0) is 0 Å². The minimum atomic E-state index is -0.160. The summed E-state index contributed by atoms with van der Waals surface area (Å²) in [6.07, 6.45) is 5.20. The van der Waals surface area contributed by atoms with E-state index < -0.39 is 0 Å². The van der Waals surface area contributed by atoms with E-state index in [-0.39, 0.29) is 6.10 Å². The molecule has 0 saturated carbocycles. The molecule has 0 saturated heterocycles. The van der Waals surface area contributed by atoms with Gasteiger partial charge in [0.1, 0.15) is 0 Å². The first-order valence-electron chi connectivity index (χ1n) is 4.86. The summed E-state index contributed by atoms with van der Waals surface area (Å²) in [5.74, 6) is 0.742. The molecule has 0 aromatic rings. The Labute approximate surface area is 76.5 Å². The zero-order valence-corrected chi connectivity index (χ0v) is 8.80. The summed E-state index contributed by atoms with van der Waals surface area (Å²) >= 11 is 0. The number of aliphatic hydroxyl groups excluding tert-OH is 1. The van der Waals surface area contributed by atoms with E-state index in [1.165, 1.54) is 5.57 Å². The van der Waals surface area contributed by atoms with Gasteiger partial charge in [-0.2, -0.15) is 0 Å². The first-order valence-corrected chi connectivity index (χ1v) is 4.86. The second-order valence-corrected chi connectivity index (χ2v) is 4.07. The molecule has 0 aromatic carbocycles. The van der Waals surface area contributed by atoms with Crippen molar-refractivity contribution in [2.75, 3.05) is 0 Å². The summed E-state index contributed by atoms with van der Waals surface area (Å²) in [5, 5.41) is 9.05. The van der Waals surface area contributed by atoms with Crippen molar-refractivity contribution in [3.05, 3.63) is 11.6 Å². The highest BCUT2D eigenvalue weighted by molar-refractivity contribution is 4.98. The van der Waals surface area contributed by atoms with E-state index in [4.69, 9.17) is 5.11 Å². The van der Waals surface area contributed by atoms with Crippen LogP contribution in [0.15, 0.2) is 11.6 Å². The molecule has 1 nitrogen and oxygen atoms in total. The Balaban J connectivity index is 3.56. The smallest absolute Gasteiger partial charge is 0.0515 e. The lowest BCUT2D eigenvalue weighted by atomic mass is 10.0. The van der Waals surface area contributed by atoms with Gasteiger partial charge in [0.2, 0.25) is 0 Å². The Kier molecular flexibility index (Phi) is 6.09. The van der Waals surface area contributed by atoms with Crippen LogP contribution in [0.3, 0.4) is 0 Å². The van der Waals surface area contributed by atoms with Crippen LogP contribution in [0.2, 0.25) is 0 Å². The van der Waals surface area contributed by atoms with Gasteiger partial charge in [-0.1, -0.05) is 25.5 Å². The molecule has 1 atom stereocenters. The average molecular weight is 170 g/mol. The molecule has 0 aliphatic heterocycles. The predicted molar refractivity (Wildman–Crippen MR) is 54.1 cm³/mol.